The molecule has 1 aliphatic carbocycles. The molecule has 3 aliphatic rings. The van der Waals surface area contributed by atoms with Gasteiger partial charge in [0.15, 0.2) is 0 Å². The zero-order valence-electron chi connectivity index (χ0n) is 15.6. The van der Waals surface area contributed by atoms with E-state index >= 15 is 0 Å². The smallest absolute Gasteiger partial charge is 0.244 e. The van der Waals surface area contributed by atoms with Crippen LogP contribution in [0.3, 0.4) is 0 Å². The molecule has 2 atom stereocenters. The first-order valence-corrected chi connectivity index (χ1v) is 10.1. The van der Waals surface area contributed by atoms with Crippen molar-refractivity contribution in [1.29, 1.82) is 0 Å². The Balaban J connectivity index is 1.46. The van der Waals surface area contributed by atoms with E-state index in [4.69, 9.17) is 4.84 Å². The fourth-order valence-electron chi connectivity index (χ4n) is 5.11. The summed E-state index contributed by atoms with van der Waals surface area (Å²) in [5.41, 5.74) is 2.08. The lowest BCUT2D eigenvalue weighted by molar-refractivity contribution is -0.244. The topological polar surface area (TPSA) is 32.8 Å². The molecule has 3 fully saturated rings. The van der Waals surface area contributed by atoms with Crippen LogP contribution < -0.4 is 0 Å². The van der Waals surface area contributed by atoms with Gasteiger partial charge in [0.1, 0.15) is 17.8 Å². The lowest BCUT2D eigenvalue weighted by Crippen LogP contribution is -2.54. The van der Waals surface area contributed by atoms with Crippen LogP contribution >= 0.6 is 0 Å². The molecule has 0 bridgehead atoms. The molecule has 0 aromatic heterocycles. The number of benzene rings is 2. The molecule has 0 radical (unpaired) electrons. The van der Waals surface area contributed by atoms with Crippen LogP contribution in [0, 0.1) is 0 Å². The number of hydroxylamine groups is 2. The Bertz CT molecular complexity index is 802. The first-order chi connectivity index (χ1) is 13.3. The van der Waals surface area contributed by atoms with Crippen LogP contribution in [0.4, 0.5) is 0 Å². The molecule has 2 aliphatic heterocycles. The third-order valence-corrected chi connectivity index (χ3v) is 6.43. The molecule has 2 aromatic rings. The number of carbonyl (C=O) groups is 1. The minimum Gasteiger partial charge on any atom is -0.316 e. The molecule has 0 unspecified atom stereocenters. The summed E-state index contributed by atoms with van der Waals surface area (Å²) in [6, 6.07) is 20.5. The lowest BCUT2D eigenvalue weighted by Gasteiger charge is -2.45. The average molecular weight is 362 g/mol. The van der Waals surface area contributed by atoms with E-state index in [0.717, 1.165) is 32.1 Å². The number of rotatable bonds is 3. The molecule has 1 saturated carbocycles. The van der Waals surface area contributed by atoms with Crippen LogP contribution in [-0.2, 0) is 16.2 Å². The van der Waals surface area contributed by atoms with Crippen LogP contribution in [0.1, 0.15) is 55.8 Å². The van der Waals surface area contributed by atoms with E-state index in [0.29, 0.717) is 6.54 Å². The Morgan fingerprint density at radius 1 is 0.926 bits per heavy atom. The van der Waals surface area contributed by atoms with Crippen LogP contribution in [0.2, 0.25) is 0 Å². The molecule has 4 nitrogen and oxygen atoms in total. The number of fused-ring (bicyclic) bond motifs is 2. The van der Waals surface area contributed by atoms with Gasteiger partial charge in [0.05, 0.1) is 0 Å². The molecule has 1 amide bonds. The molecule has 2 aromatic carbocycles. The van der Waals surface area contributed by atoms with Gasteiger partial charge in [0.2, 0.25) is 5.91 Å². The molecule has 1 spiro atoms. The first kappa shape index (κ1) is 17.0. The van der Waals surface area contributed by atoms with E-state index in [1.165, 1.54) is 17.5 Å². The Kier molecular flexibility index (Phi) is 4.25. The van der Waals surface area contributed by atoms with Gasteiger partial charge in [-0.15, -0.1) is 0 Å². The fraction of sp³-hybridized carbons (Fsp3) is 0.435. The Morgan fingerprint density at radius 2 is 1.59 bits per heavy atom. The highest BCUT2D eigenvalue weighted by Crippen LogP contribution is 2.50. The predicted molar refractivity (Wildman–Crippen MR) is 103 cm³/mol. The van der Waals surface area contributed by atoms with E-state index in [1.807, 2.05) is 36.4 Å². The second kappa shape index (κ2) is 6.77. The third kappa shape index (κ3) is 2.79. The van der Waals surface area contributed by atoms with E-state index in [1.54, 1.807) is 0 Å². The predicted octanol–water partition coefficient (Wildman–Crippen LogP) is 4.44. The van der Waals surface area contributed by atoms with Crippen molar-refractivity contribution in [3.05, 3.63) is 71.8 Å². The van der Waals surface area contributed by atoms with E-state index < -0.39 is 0 Å². The zero-order valence-corrected chi connectivity index (χ0v) is 15.6. The van der Waals surface area contributed by atoms with Crippen LogP contribution in [0.5, 0.6) is 0 Å². The maximum atomic E-state index is 13.4. The molecule has 140 valence electrons. The maximum absolute atomic E-state index is 13.4. The van der Waals surface area contributed by atoms with Gasteiger partial charge in [-0.2, -0.15) is 5.06 Å². The molecular formula is C23H26N2O2. The van der Waals surface area contributed by atoms with Gasteiger partial charge < -0.3 is 4.90 Å². The van der Waals surface area contributed by atoms with E-state index in [2.05, 4.69) is 34.2 Å². The minimum absolute atomic E-state index is 0.0159. The number of carbonyl (C=O) groups excluding carboxylic acids is 1. The van der Waals surface area contributed by atoms with Gasteiger partial charge in [0, 0.05) is 13.0 Å². The van der Waals surface area contributed by atoms with Gasteiger partial charge >= 0.3 is 0 Å². The summed E-state index contributed by atoms with van der Waals surface area (Å²) in [6.07, 6.45) is 6.29. The normalized spacial score (nSPS) is 27.3. The average Bonchev–Trinajstić information content (AvgIpc) is 3.26. The Morgan fingerprint density at radius 3 is 2.30 bits per heavy atom. The summed E-state index contributed by atoms with van der Waals surface area (Å²) >= 11 is 0. The fourth-order valence-corrected chi connectivity index (χ4v) is 5.11. The van der Waals surface area contributed by atoms with Gasteiger partial charge in [-0.1, -0.05) is 67.1 Å². The van der Waals surface area contributed by atoms with Crippen molar-refractivity contribution in [3.8, 4) is 0 Å². The molecule has 27 heavy (non-hydrogen) atoms. The van der Waals surface area contributed by atoms with Gasteiger partial charge in [-0.25, -0.2) is 0 Å². The van der Waals surface area contributed by atoms with Gasteiger partial charge in [-0.3, -0.25) is 9.63 Å². The second-order valence-corrected chi connectivity index (χ2v) is 8.04. The summed E-state index contributed by atoms with van der Waals surface area (Å²) in [6.45, 7) is 0.673. The lowest BCUT2D eigenvalue weighted by atomic mass is 9.88. The summed E-state index contributed by atoms with van der Waals surface area (Å²) < 4.78 is 0. The van der Waals surface area contributed by atoms with Crippen molar-refractivity contribution in [1.82, 2.24) is 9.96 Å². The summed E-state index contributed by atoms with van der Waals surface area (Å²) in [5, 5.41) is 2.09. The van der Waals surface area contributed by atoms with Crippen molar-refractivity contribution in [2.45, 2.75) is 62.9 Å². The maximum Gasteiger partial charge on any atom is 0.244 e. The van der Waals surface area contributed by atoms with Crippen molar-refractivity contribution in [3.63, 3.8) is 0 Å². The van der Waals surface area contributed by atoms with Crippen molar-refractivity contribution in [2.75, 3.05) is 0 Å². The summed E-state index contributed by atoms with van der Waals surface area (Å²) in [7, 11) is 0. The third-order valence-electron chi connectivity index (χ3n) is 6.43. The summed E-state index contributed by atoms with van der Waals surface area (Å²) in [4.78, 5) is 22.0. The zero-order chi connectivity index (χ0) is 18.3. The molecule has 2 heterocycles. The van der Waals surface area contributed by atoms with E-state index in [9.17, 15) is 4.79 Å². The molecule has 5 rings (SSSR count). The molecular weight excluding hydrogens is 336 g/mol. The number of hydrogen-bond acceptors (Lipinski definition) is 3. The largest absolute Gasteiger partial charge is 0.316 e. The molecule has 2 saturated heterocycles. The van der Waals surface area contributed by atoms with Crippen LogP contribution in [-0.4, -0.2) is 27.6 Å². The summed E-state index contributed by atoms with van der Waals surface area (Å²) in [5.74, 6) is 0.235. The number of amides is 1. The first-order valence-electron chi connectivity index (χ1n) is 10.1. The van der Waals surface area contributed by atoms with Crippen molar-refractivity contribution >= 4 is 5.91 Å². The van der Waals surface area contributed by atoms with Gasteiger partial charge in [0.25, 0.3) is 0 Å². The molecule has 0 N–H and O–H groups in total. The Hall–Kier alpha value is -2.17. The molecule has 4 heteroatoms. The van der Waals surface area contributed by atoms with Crippen molar-refractivity contribution in [2.24, 2.45) is 0 Å². The SMILES string of the molecule is O=C1[C@H]2C[C@H](c3ccccc3)ON2C2(CCCCC2)N1Cc1ccccc1. The van der Waals surface area contributed by atoms with Crippen LogP contribution in [0.15, 0.2) is 60.7 Å². The Labute approximate surface area is 160 Å². The highest BCUT2D eigenvalue weighted by atomic mass is 16.7. The second-order valence-electron chi connectivity index (χ2n) is 8.04. The van der Waals surface area contributed by atoms with E-state index in [-0.39, 0.29) is 23.7 Å². The standard InChI is InChI=1S/C23H26N2O2/c26-22-20-16-21(19-12-6-2-7-13-19)27-25(20)23(14-8-3-9-15-23)24(22)17-18-10-4-1-5-11-18/h1-2,4-7,10-13,20-21H,3,8-9,14-17H2/t20-,21-/m1/s1. The minimum atomic E-state index is -0.278. The monoisotopic (exact) mass is 362 g/mol. The van der Waals surface area contributed by atoms with Gasteiger partial charge in [-0.05, 0) is 36.8 Å². The quantitative estimate of drug-likeness (QED) is 0.809. The number of nitrogens with zero attached hydrogens (tertiary/aromatic N) is 2. The number of hydrogen-bond donors (Lipinski definition) is 0. The van der Waals surface area contributed by atoms with Crippen LogP contribution in [0.25, 0.3) is 0 Å². The van der Waals surface area contributed by atoms with Crippen molar-refractivity contribution < 1.29 is 9.63 Å². The highest BCUT2D eigenvalue weighted by Gasteiger charge is 2.61. The highest BCUT2D eigenvalue weighted by molar-refractivity contribution is 5.85.